The van der Waals surface area contributed by atoms with E-state index in [1.165, 1.54) is 12.1 Å². The van der Waals surface area contributed by atoms with E-state index in [1.54, 1.807) is 13.0 Å². The zero-order valence-electron chi connectivity index (χ0n) is 17.0. The molecule has 7 rings (SSSR count). The molecule has 2 amide bonds. The zero-order chi connectivity index (χ0) is 22.4. The SMILES string of the molecule is Cc1ccc(N2C(=O)[C@H]3C4c5ccccc5C(Cl)(c5ccccc54)[C@H]3C2=O)c([N+](=O)[O-])c1. The van der Waals surface area contributed by atoms with Crippen molar-refractivity contribution in [3.05, 3.63) is 105 Å². The number of imide groups is 1. The lowest BCUT2D eigenvalue weighted by Gasteiger charge is -2.50. The predicted octanol–water partition coefficient (Wildman–Crippen LogP) is 4.65. The van der Waals surface area contributed by atoms with Crippen molar-refractivity contribution in [1.29, 1.82) is 0 Å². The third-order valence-electron chi connectivity index (χ3n) is 7.08. The van der Waals surface area contributed by atoms with Crippen molar-refractivity contribution in [3.8, 4) is 0 Å². The van der Waals surface area contributed by atoms with Gasteiger partial charge >= 0.3 is 0 Å². The smallest absolute Gasteiger partial charge is 0.274 e. The monoisotopic (exact) mass is 444 g/mol. The summed E-state index contributed by atoms with van der Waals surface area (Å²) in [5.41, 5.74) is 3.92. The summed E-state index contributed by atoms with van der Waals surface area (Å²) < 4.78 is 0. The van der Waals surface area contributed by atoms with Crippen molar-refractivity contribution < 1.29 is 14.5 Å². The molecular formula is C25H17ClN2O4. The van der Waals surface area contributed by atoms with E-state index in [9.17, 15) is 19.7 Å². The van der Waals surface area contributed by atoms with E-state index >= 15 is 0 Å². The molecule has 7 heteroatoms. The highest BCUT2D eigenvalue weighted by atomic mass is 35.5. The Morgan fingerprint density at radius 3 is 2.12 bits per heavy atom. The summed E-state index contributed by atoms with van der Waals surface area (Å²) >= 11 is 7.37. The van der Waals surface area contributed by atoms with Gasteiger partial charge in [-0.1, -0.05) is 54.6 Å². The van der Waals surface area contributed by atoms with Gasteiger partial charge in [-0.05, 0) is 40.8 Å². The second-order valence-electron chi connectivity index (χ2n) is 8.63. The molecule has 0 N–H and O–H groups in total. The van der Waals surface area contributed by atoms with Crippen LogP contribution >= 0.6 is 11.6 Å². The highest BCUT2D eigenvalue weighted by Gasteiger charge is 2.68. The summed E-state index contributed by atoms with van der Waals surface area (Å²) in [6.07, 6.45) is 0. The fourth-order valence-electron chi connectivity index (χ4n) is 5.89. The van der Waals surface area contributed by atoms with E-state index < -0.39 is 33.4 Å². The van der Waals surface area contributed by atoms with Crippen LogP contribution in [-0.4, -0.2) is 16.7 Å². The molecule has 1 heterocycles. The van der Waals surface area contributed by atoms with Gasteiger partial charge in [0.2, 0.25) is 11.8 Å². The lowest BCUT2D eigenvalue weighted by atomic mass is 9.54. The third-order valence-corrected chi connectivity index (χ3v) is 7.73. The van der Waals surface area contributed by atoms with Gasteiger partial charge in [0.1, 0.15) is 10.6 Å². The van der Waals surface area contributed by atoms with Crippen molar-refractivity contribution in [2.75, 3.05) is 4.90 Å². The van der Waals surface area contributed by atoms with Gasteiger partial charge in [0.25, 0.3) is 5.69 Å². The Hall–Kier alpha value is -3.51. The number of nitro groups is 1. The average molecular weight is 445 g/mol. The number of aryl methyl sites for hydroxylation is 1. The number of amides is 2. The summed E-state index contributed by atoms with van der Waals surface area (Å²) in [6, 6.07) is 19.8. The lowest BCUT2D eigenvalue weighted by molar-refractivity contribution is -0.384. The van der Waals surface area contributed by atoms with Crippen LogP contribution in [0.4, 0.5) is 11.4 Å². The molecule has 1 fully saturated rings. The van der Waals surface area contributed by atoms with Crippen LogP contribution in [0.5, 0.6) is 0 Å². The number of halogens is 1. The van der Waals surface area contributed by atoms with E-state index in [0.29, 0.717) is 5.56 Å². The Kier molecular flexibility index (Phi) is 3.76. The maximum atomic E-state index is 13.8. The van der Waals surface area contributed by atoms with Crippen LogP contribution in [0.1, 0.15) is 33.7 Å². The molecule has 1 aliphatic heterocycles. The predicted molar refractivity (Wildman–Crippen MR) is 119 cm³/mol. The van der Waals surface area contributed by atoms with E-state index in [2.05, 4.69) is 0 Å². The average Bonchev–Trinajstić information content (AvgIpc) is 3.06. The maximum Gasteiger partial charge on any atom is 0.293 e. The molecule has 0 aromatic heterocycles. The molecule has 6 nitrogen and oxygen atoms in total. The molecule has 0 saturated carbocycles. The number of alkyl halides is 1. The summed E-state index contributed by atoms with van der Waals surface area (Å²) in [5, 5.41) is 11.7. The van der Waals surface area contributed by atoms with Crippen molar-refractivity contribution in [2.24, 2.45) is 11.8 Å². The van der Waals surface area contributed by atoms with Gasteiger partial charge in [0.05, 0.1) is 16.8 Å². The first-order valence-corrected chi connectivity index (χ1v) is 10.7. The molecule has 0 unspecified atom stereocenters. The minimum atomic E-state index is -1.21. The van der Waals surface area contributed by atoms with Gasteiger partial charge in [0.15, 0.2) is 0 Å². The van der Waals surface area contributed by atoms with Crippen molar-refractivity contribution >= 4 is 34.8 Å². The quantitative estimate of drug-likeness (QED) is 0.249. The van der Waals surface area contributed by atoms with E-state index in [4.69, 9.17) is 11.6 Å². The molecule has 3 aromatic carbocycles. The second-order valence-corrected chi connectivity index (χ2v) is 9.22. The van der Waals surface area contributed by atoms with Gasteiger partial charge in [0, 0.05) is 12.0 Å². The molecule has 0 radical (unpaired) electrons. The van der Waals surface area contributed by atoms with Crippen LogP contribution < -0.4 is 4.90 Å². The van der Waals surface area contributed by atoms with E-state index in [0.717, 1.165) is 27.2 Å². The molecule has 0 spiro atoms. The Morgan fingerprint density at radius 1 is 0.938 bits per heavy atom. The number of carbonyl (C=O) groups is 2. The number of nitro benzene ring substituents is 1. The summed E-state index contributed by atoms with van der Waals surface area (Å²) in [5.74, 6) is -2.82. The lowest BCUT2D eigenvalue weighted by Crippen LogP contribution is -2.50. The molecule has 3 aliphatic carbocycles. The Balaban J connectivity index is 1.61. The number of rotatable bonds is 2. The summed E-state index contributed by atoms with van der Waals surface area (Å²) in [4.78, 5) is 38.6. The van der Waals surface area contributed by atoms with Crippen LogP contribution in [0, 0.1) is 28.9 Å². The second kappa shape index (κ2) is 6.26. The first-order chi connectivity index (χ1) is 15.4. The van der Waals surface area contributed by atoms with Gasteiger partial charge < -0.3 is 0 Å². The maximum absolute atomic E-state index is 13.8. The fraction of sp³-hybridized carbons (Fsp3) is 0.200. The summed E-state index contributed by atoms with van der Waals surface area (Å²) in [6.45, 7) is 1.73. The Labute approximate surface area is 188 Å². The first-order valence-electron chi connectivity index (χ1n) is 10.4. The molecular weight excluding hydrogens is 428 g/mol. The van der Waals surface area contributed by atoms with Gasteiger partial charge in [-0.2, -0.15) is 0 Å². The molecule has 158 valence electrons. The van der Waals surface area contributed by atoms with Crippen molar-refractivity contribution in [2.45, 2.75) is 17.7 Å². The summed E-state index contributed by atoms with van der Waals surface area (Å²) in [7, 11) is 0. The first kappa shape index (κ1) is 19.2. The highest BCUT2D eigenvalue weighted by Crippen LogP contribution is 2.66. The minimum absolute atomic E-state index is 0.00206. The van der Waals surface area contributed by atoms with Crippen molar-refractivity contribution in [3.63, 3.8) is 0 Å². The number of hydrogen-bond donors (Lipinski definition) is 0. The Bertz CT molecular complexity index is 1320. The van der Waals surface area contributed by atoms with Crippen LogP contribution in [0.3, 0.4) is 0 Å². The number of carbonyl (C=O) groups excluding carboxylic acids is 2. The zero-order valence-corrected chi connectivity index (χ0v) is 17.7. The molecule has 3 aromatic rings. The van der Waals surface area contributed by atoms with Crippen molar-refractivity contribution in [1.82, 2.24) is 0 Å². The number of nitrogens with zero attached hydrogens (tertiary/aromatic N) is 2. The minimum Gasteiger partial charge on any atom is -0.274 e. The van der Waals surface area contributed by atoms with E-state index in [1.807, 2.05) is 48.5 Å². The van der Waals surface area contributed by atoms with E-state index in [-0.39, 0.29) is 17.3 Å². The largest absolute Gasteiger partial charge is 0.293 e. The molecule has 32 heavy (non-hydrogen) atoms. The van der Waals surface area contributed by atoms with Crippen LogP contribution in [-0.2, 0) is 14.5 Å². The molecule has 4 aliphatic rings. The topological polar surface area (TPSA) is 80.5 Å². The standard InChI is InChI=1S/C25H17ClN2O4/c1-13-10-11-18(19(12-13)28(31)32)27-23(29)21-20-14-6-2-4-8-16(14)25(26,22(21)24(27)30)17-9-5-3-7-15(17)20/h2-12,20-22H,1H3/t20?,21-,22+,25?/m0/s1. The normalized spacial score (nSPS) is 27.2. The highest BCUT2D eigenvalue weighted by molar-refractivity contribution is 6.33. The molecule has 2 bridgehead atoms. The van der Waals surface area contributed by atoms with Crippen LogP contribution in [0.2, 0.25) is 0 Å². The molecule has 2 atom stereocenters. The van der Waals surface area contributed by atoms with Gasteiger partial charge in [-0.15, -0.1) is 11.6 Å². The Morgan fingerprint density at radius 2 is 1.53 bits per heavy atom. The number of benzene rings is 3. The third kappa shape index (κ3) is 2.15. The number of anilines is 1. The van der Waals surface area contributed by atoms with Gasteiger partial charge in [-0.25, -0.2) is 4.90 Å². The fourth-order valence-corrected chi connectivity index (χ4v) is 6.46. The van der Waals surface area contributed by atoms with Crippen LogP contribution in [0.25, 0.3) is 0 Å². The van der Waals surface area contributed by atoms with Crippen LogP contribution in [0.15, 0.2) is 66.7 Å². The molecule has 1 saturated heterocycles. The van der Waals surface area contributed by atoms with Gasteiger partial charge in [-0.3, -0.25) is 19.7 Å². The number of hydrogen-bond acceptors (Lipinski definition) is 4.